The number of hydrogen-bond donors (Lipinski definition) is 0. The molecule has 0 spiro atoms. The summed E-state index contributed by atoms with van der Waals surface area (Å²) in [4.78, 5) is 19.0. The second kappa shape index (κ2) is 9.14. The number of carbonyl (C=O) groups is 1. The summed E-state index contributed by atoms with van der Waals surface area (Å²) in [7, 11) is 1.21. The smallest absolute Gasteiger partial charge is 0.392 e. The number of benzene rings is 1. The first-order valence-electron chi connectivity index (χ1n) is 10.3. The first kappa shape index (κ1) is 23.2. The molecule has 11 heteroatoms. The van der Waals surface area contributed by atoms with Crippen molar-refractivity contribution in [1.82, 2.24) is 9.88 Å². The van der Waals surface area contributed by atoms with Gasteiger partial charge >= 0.3 is 6.18 Å². The van der Waals surface area contributed by atoms with E-state index in [2.05, 4.69) is 4.98 Å². The third-order valence-electron chi connectivity index (χ3n) is 5.74. The Morgan fingerprint density at radius 3 is 2.85 bits per heavy atom. The van der Waals surface area contributed by atoms with Gasteiger partial charge in [-0.2, -0.15) is 13.2 Å². The predicted octanol–water partition coefficient (Wildman–Crippen LogP) is 3.67. The summed E-state index contributed by atoms with van der Waals surface area (Å²) < 4.78 is 73.4. The van der Waals surface area contributed by atoms with E-state index in [1.807, 2.05) is 12.1 Å². The number of methoxy groups -OCH3 is 1. The van der Waals surface area contributed by atoms with Gasteiger partial charge in [-0.3, -0.25) is 9.78 Å². The van der Waals surface area contributed by atoms with E-state index in [4.69, 9.17) is 18.9 Å². The first-order chi connectivity index (χ1) is 15.7. The lowest BCUT2D eigenvalue weighted by Crippen LogP contribution is -2.53. The van der Waals surface area contributed by atoms with Crippen LogP contribution in [0, 0.1) is 5.82 Å². The summed E-state index contributed by atoms with van der Waals surface area (Å²) in [5, 5.41) is 0. The molecule has 2 saturated heterocycles. The molecule has 1 unspecified atom stereocenters. The van der Waals surface area contributed by atoms with Crippen LogP contribution in [0.2, 0.25) is 0 Å². The van der Waals surface area contributed by atoms with Crippen LogP contribution in [-0.2, 0) is 15.1 Å². The fourth-order valence-corrected chi connectivity index (χ4v) is 4.07. The lowest BCUT2D eigenvalue weighted by molar-refractivity contribution is -0.139. The van der Waals surface area contributed by atoms with Crippen molar-refractivity contribution in [1.29, 1.82) is 0 Å². The number of rotatable bonds is 6. The van der Waals surface area contributed by atoms with Gasteiger partial charge in [-0.1, -0.05) is 6.07 Å². The topological polar surface area (TPSA) is 70.1 Å². The van der Waals surface area contributed by atoms with Crippen molar-refractivity contribution in [3.8, 4) is 11.5 Å². The molecule has 2 aliphatic rings. The van der Waals surface area contributed by atoms with Crippen LogP contribution >= 0.6 is 0 Å². The first-order valence-corrected chi connectivity index (χ1v) is 10.3. The minimum atomic E-state index is -4.44. The average molecular weight is 470 g/mol. The Morgan fingerprint density at radius 1 is 1.33 bits per heavy atom. The third kappa shape index (κ3) is 4.74. The van der Waals surface area contributed by atoms with Gasteiger partial charge in [0.2, 0.25) is 0 Å². The molecule has 1 aromatic heterocycles. The van der Waals surface area contributed by atoms with Crippen molar-refractivity contribution >= 4 is 5.91 Å². The summed E-state index contributed by atoms with van der Waals surface area (Å²) in [5.41, 5.74) is -0.0681. The van der Waals surface area contributed by atoms with E-state index in [1.54, 1.807) is 12.3 Å². The van der Waals surface area contributed by atoms with Gasteiger partial charge in [0.15, 0.2) is 17.3 Å². The number of nitrogens with zero attached hydrogens (tertiary/aromatic N) is 2. The van der Waals surface area contributed by atoms with Crippen LogP contribution in [0.1, 0.15) is 28.9 Å². The van der Waals surface area contributed by atoms with Crippen molar-refractivity contribution in [3.63, 3.8) is 0 Å². The zero-order valence-corrected chi connectivity index (χ0v) is 17.7. The van der Waals surface area contributed by atoms with Crippen LogP contribution < -0.4 is 9.47 Å². The van der Waals surface area contributed by atoms with Crippen molar-refractivity contribution in [2.24, 2.45) is 0 Å². The normalized spacial score (nSPS) is 22.7. The third-order valence-corrected chi connectivity index (χ3v) is 5.74. The fourth-order valence-electron chi connectivity index (χ4n) is 4.07. The molecular weight excluding hydrogens is 448 g/mol. The molecule has 33 heavy (non-hydrogen) atoms. The van der Waals surface area contributed by atoms with E-state index in [-0.39, 0.29) is 24.7 Å². The molecule has 0 radical (unpaired) electrons. The zero-order chi connectivity index (χ0) is 23.6. The quantitative estimate of drug-likeness (QED) is 0.600. The number of likely N-dealkylation sites (tertiary alicyclic amines) is 1. The largest absolute Gasteiger partial charge is 0.493 e. The van der Waals surface area contributed by atoms with E-state index in [0.29, 0.717) is 18.7 Å². The van der Waals surface area contributed by atoms with Gasteiger partial charge in [-0.05, 0) is 24.3 Å². The number of amides is 1. The molecule has 2 fully saturated rings. The van der Waals surface area contributed by atoms with Crippen molar-refractivity contribution < 1.29 is 41.3 Å². The van der Waals surface area contributed by atoms with Gasteiger partial charge in [0, 0.05) is 24.7 Å². The monoisotopic (exact) mass is 470 g/mol. The predicted molar refractivity (Wildman–Crippen MR) is 106 cm³/mol. The Kier molecular flexibility index (Phi) is 6.44. The van der Waals surface area contributed by atoms with Crippen molar-refractivity contribution in [2.45, 2.75) is 30.7 Å². The second-order valence-electron chi connectivity index (χ2n) is 7.73. The van der Waals surface area contributed by atoms with Gasteiger partial charge < -0.3 is 23.8 Å². The van der Waals surface area contributed by atoms with Crippen LogP contribution in [0.5, 0.6) is 11.5 Å². The van der Waals surface area contributed by atoms with E-state index < -0.39 is 48.4 Å². The summed E-state index contributed by atoms with van der Waals surface area (Å²) in [5.74, 6) is -2.10. The molecule has 0 N–H and O–H groups in total. The molecule has 1 amide bonds. The van der Waals surface area contributed by atoms with Crippen LogP contribution in [0.25, 0.3) is 0 Å². The Morgan fingerprint density at radius 2 is 2.15 bits per heavy atom. The number of piperidine rings is 1. The average Bonchev–Trinajstić information content (AvgIpc) is 3.23. The maximum Gasteiger partial charge on any atom is 0.392 e. The Hall–Kier alpha value is -2.92. The highest BCUT2D eigenvalue weighted by Gasteiger charge is 2.52. The van der Waals surface area contributed by atoms with Gasteiger partial charge in [0.25, 0.3) is 5.91 Å². The maximum atomic E-state index is 14.6. The number of carbonyl (C=O) groups excluding carboxylic acids is 1. The highest BCUT2D eigenvalue weighted by atomic mass is 19.4. The maximum absolute atomic E-state index is 14.6. The number of ether oxygens (including phenoxy) is 4. The van der Waals surface area contributed by atoms with E-state index in [9.17, 15) is 22.4 Å². The summed E-state index contributed by atoms with van der Waals surface area (Å²) in [6, 6.07) is 7.67. The SMILES string of the molecule is COc1cc(C(=O)N2CC[C@]3(c4ccccn4)OCOC3C2)cc(F)c1OCCC(F)(F)F. The summed E-state index contributed by atoms with van der Waals surface area (Å²) in [6.07, 6.45) is -4.05. The van der Waals surface area contributed by atoms with E-state index >= 15 is 0 Å². The Balaban J connectivity index is 1.50. The number of halogens is 4. The Labute approximate surface area is 187 Å². The summed E-state index contributed by atoms with van der Waals surface area (Å²) >= 11 is 0. The second-order valence-corrected chi connectivity index (χ2v) is 7.73. The molecule has 178 valence electrons. The Bertz CT molecular complexity index is 1000. The van der Waals surface area contributed by atoms with Crippen LogP contribution in [0.3, 0.4) is 0 Å². The molecule has 3 heterocycles. The van der Waals surface area contributed by atoms with Gasteiger partial charge in [0.05, 0.1) is 32.4 Å². The molecule has 1 aromatic carbocycles. The van der Waals surface area contributed by atoms with E-state index in [0.717, 1.165) is 6.07 Å². The van der Waals surface area contributed by atoms with Crippen LogP contribution in [0.4, 0.5) is 17.6 Å². The number of aromatic nitrogens is 1. The van der Waals surface area contributed by atoms with Gasteiger partial charge in [-0.25, -0.2) is 4.39 Å². The van der Waals surface area contributed by atoms with Crippen LogP contribution in [0.15, 0.2) is 36.5 Å². The minimum Gasteiger partial charge on any atom is -0.493 e. The number of fused-ring (bicyclic) bond motifs is 1. The standard InChI is InChI=1S/C22H22F4N2O5/c1-30-16-11-14(10-15(23)19(16)31-9-6-22(24,25)26)20(29)28-8-5-21(17-4-2-3-7-27-17)18(12-28)32-13-33-21/h2-4,7,10-11,18H,5-6,8-9,12-13H2,1H3/t18?,21-/m1/s1. The molecular formula is C22H22F4N2O5. The molecule has 4 rings (SSSR count). The molecule has 2 aliphatic heterocycles. The van der Waals surface area contributed by atoms with Crippen LogP contribution in [-0.4, -0.2) is 61.7 Å². The van der Waals surface area contributed by atoms with E-state index in [1.165, 1.54) is 18.1 Å². The number of pyridine rings is 1. The summed E-state index contributed by atoms with van der Waals surface area (Å²) in [6.45, 7) is -0.202. The molecule has 0 aliphatic carbocycles. The zero-order valence-electron chi connectivity index (χ0n) is 17.7. The van der Waals surface area contributed by atoms with Gasteiger partial charge in [0.1, 0.15) is 18.5 Å². The molecule has 0 saturated carbocycles. The molecule has 2 atom stereocenters. The lowest BCUT2D eigenvalue weighted by Gasteiger charge is -2.41. The van der Waals surface area contributed by atoms with Crippen molar-refractivity contribution in [3.05, 3.63) is 53.6 Å². The van der Waals surface area contributed by atoms with Gasteiger partial charge in [-0.15, -0.1) is 0 Å². The highest BCUT2D eigenvalue weighted by Crippen LogP contribution is 2.42. The minimum absolute atomic E-state index is 0.0169. The molecule has 0 bridgehead atoms. The number of alkyl halides is 3. The number of hydrogen-bond acceptors (Lipinski definition) is 6. The molecule has 7 nitrogen and oxygen atoms in total. The fraction of sp³-hybridized carbons (Fsp3) is 0.455. The lowest BCUT2D eigenvalue weighted by atomic mass is 9.85. The highest BCUT2D eigenvalue weighted by molar-refractivity contribution is 5.95. The molecule has 2 aromatic rings. The van der Waals surface area contributed by atoms with Crippen molar-refractivity contribution in [2.75, 3.05) is 33.6 Å².